The first kappa shape index (κ1) is 16.7. The molecule has 2 heterocycles. The number of rotatable bonds is 2. The molecule has 1 N–H and O–H groups in total. The molecule has 3 rings (SSSR count). The molecule has 3 aliphatic rings. The molecular formula is C17H24N4O3. The van der Waals surface area contributed by atoms with Crippen molar-refractivity contribution < 1.29 is 14.4 Å². The first-order valence-electron chi connectivity index (χ1n) is 8.77. The van der Waals surface area contributed by atoms with Gasteiger partial charge in [0, 0.05) is 19.0 Å². The number of amides is 4. The second kappa shape index (κ2) is 6.42. The summed E-state index contributed by atoms with van der Waals surface area (Å²) in [5.41, 5.74) is -0.794. The highest BCUT2D eigenvalue weighted by atomic mass is 16.2. The average molecular weight is 332 g/mol. The number of carbonyl (C=O) groups excluding carboxylic acids is 3. The van der Waals surface area contributed by atoms with Crippen LogP contribution in [-0.2, 0) is 9.59 Å². The smallest absolute Gasteiger partial charge is 0.325 e. The van der Waals surface area contributed by atoms with Gasteiger partial charge in [-0.25, -0.2) is 4.79 Å². The second-order valence-corrected chi connectivity index (χ2v) is 7.37. The predicted octanol–water partition coefficient (Wildman–Crippen LogP) is 1.25. The summed E-state index contributed by atoms with van der Waals surface area (Å²) in [4.78, 5) is 40.1. The number of nitrogens with zero attached hydrogens (tertiary/aromatic N) is 3. The molecule has 7 nitrogen and oxygen atoms in total. The number of carbonyl (C=O) groups is 3. The average Bonchev–Trinajstić information content (AvgIpc) is 2.82. The number of likely N-dealkylation sites (tertiary alicyclic amines) is 1. The van der Waals surface area contributed by atoms with Gasteiger partial charge in [0.25, 0.3) is 5.91 Å². The Morgan fingerprint density at radius 1 is 1.25 bits per heavy atom. The maximum Gasteiger partial charge on any atom is 0.325 e. The zero-order valence-corrected chi connectivity index (χ0v) is 14.1. The summed E-state index contributed by atoms with van der Waals surface area (Å²) in [5, 5.41) is 11.8. The van der Waals surface area contributed by atoms with Crippen molar-refractivity contribution in [3.05, 3.63) is 0 Å². The molecule has 4 amide bonds. The van der Waals surface area contributed by atoms with Crippen LogP contribution in [0.1, 0.15) is 45.4 Å². The molecule has 0 aromatic rings. The van der Waals surface area contributed by atoms with Gasteiger partial charge in [-0.05, 0) is 44.4 Å². The van der Waals surface area contributed by atoms with Crippen molar-refractivity contribution in [1.29, 1.82) is 5.26 Å². The van der Waals surface area contributed by atoms with Crippen molar-refractivity contribution in [3.63, 3.8) is 0 Å². The van der Waals surface area contributed by atoms with E-state index in [1.165, 1.54) is 0 Å². The van der Waals surface area contributed by atoms with Crippen LogP contribution in [0.25, 0.3) is 0 Å². The summed E-state index contributed by atoms with van der Waals surface area (Å²) < 4.78 is 0. The number of nitrogens with one attached hydrogen (secondary N) is 1. The summed E-state index contributed by atoms with van der Waals surface area (Å²) in [5.74, 6) is 0.103. The van der Waals surface area contributed by atoms with Crippen molar-refractivity contribution in [2.75, 3.05) is 19.6 Å². The number of nitriles is 1. The Kier molecular flexibility index (Phi) is 4.48. The monoisotopic (exact) mass is 332 g/mol. The molecule has 1 saturated carbocycles. The SMILES string of the molecule is CC1CCC2(CC1)NC(=O)N(CC(=O)N1CCC(C#N)CC1)C2=O. The molecule has 1 spiro atoms. The van der Waals surface area contributed by atoms with Gasteiger partial charge in [0.15, 0.2) is 0 Å². The number of hydrogen-bond acceptors (Lipinski definition) is 4. The number of hydrogen-bond donors (Lipinski definition) is 1. The quantitative estimate of drug-likeness (QED) is 0.770. The van der Waals surface area contributed by atoms with Crippen LogP contribution in [0.3, 0.4) is 0 Å². The van der Waals surface area contributed by atoms with Crippen LogP contribution in [0.15, 0.2) is 0 Å². The van der Waals surface area contributed by atoms with Gasteiger partial charge in [-0.1, -0.05) is 6.92 Å². The van der Waals surface area contributed by atoms with E-state index in [1.807, 2.05) is 0 Å². The van der Waals surface area contributed by atoms with Gasteiger partial charge in [-0.3, -0.25) is 14.5 Å². The van der Waals surface area contributed by atoms with Crippen molar-refractivity contribution >= 4 is 17.8 Å². The molecule has 0 unspecified atom stereocenters. The maximum atomic E-state index is 12.7. The van der Waals surface area contributed by atoms with E-state index in [1.54, 1.807) is 4.90 Å². The number of imide groups is 1. The van der Waals surface area contributed by atoms with Gasteiger partial charge in [0.05, 0.1) is 6.07 Å². The maximum absolute atomic E-state index is 12.7. The first-order valence-corrected chi connectivity index (χ1v) is 8.77. The van der Waals surface area contributed by atoms with E-state index < -0.39 is 11.6 Å². The van der Waals surface area contributed by atoms with E-state index in [0.717, 1.165) is 17.7 Å². The molecule has 0 radical (unpaired) electrons. The third kappa shape index (κ3) is 2.97. The molecule has 130 valence electrons. The molecule has 24 heavy (non-hydrogen) atoms. The van der Waals surface area contributed by atoms with Gasteiger partial charge in [-0.15, -0.1) is 0 Å². The minimum Gasteiger partial charge on any atom is -0.341 e. The lowest BCUT2D eigenvalue weighted by Gasteiger charge is -2.34. The van der Waals surface area contributed by atoms with E-state index in [4.69, 9.17) is 5.26 Å². The lowest BCUT2D eigenvalue weighted by atomic mass is 9.77. The summed E-state index contributed by atoms with van der Waals surface area (Å²) in [7, 11) is 0. The van der Waals surface area contributed by atoms with Crippen LogP contribution in [0.2, 0.25) is 0 Å². The fourth-order valence-corrected chi connectivity index (χ4v) is 3.91. The fourth-order valence-electron chi connectivity index (χ4n) is 3.91. The molecule has 3 fully saturated rings. The molecular weight excluding hydrogens is 308 g/mol. The molecule has 2 saturated heterocycles. The largest absolute Gasteiger partial charge is 0.341 e. The Labute approximate surface area is 142 Å². The van der Waals surface area contributed by atoms with Crippen LogP contribution in [0, 0.1) is 23.2 Å². The summed E-state index contributed by atoms with van der Waals surface area (Å²) >= 11 is 0. The number of urea groups is 1. The van der Waals surface area contributed by atoms with Crippen LogP contribution in [0.5, 0.6) is 0 Å². The van der Waals surface area contributed by atoms with Gasteiger partial charge < -0.3 is 10.2 Å². The van der Waals surface area contributed by atoms with Crippen LogP contribution >= 0.6 is 0 Å². The Morgan fingerprint density at radius 2 is 1.88 bits per heavy atom. The highest BCUT2D eigenvalue weighted by molar-refractivity contribution is 6.09. The molecule has 1 aliphatic carbocycles. The molecule has 7 heteroatoms. The third-order valence-electron chi connectivity index (χ3n) is 5.70. The first-order chi connectivity index (χ1) is 11.4. The van der Waals surface area contributed by atoms with Crippen molar-refractivity contribution in [2.24, 2.45) is 11.8 Å². The van der Waals surface area contributed by atoms with E-state index in [-0.39, 0.29) is 24.3 Å². The summed E-state index contributed by atoms with van der Waals surface area (Å²) in [6.45, 7) is 2.99. The molecule has 0 atom stereocenters. The van der Waals surface area contributed by atoms with Crippen LogP contribution in [0.4, 0.5) is 4.79 Å². The van der Waals surface area contributed by atoms with Gasteiger partial charge >= 0.3 is 6.03 Å². The summed E-state index contributed by atoms with van der Waals surface area (Å²) in [6, 6.07) is 1.78. The lowest BCUT2D eigenvalue weighted by molar-refractivity contribution is -0.140. The minimum atomic E-state index is -0.794. The molecule has 0 aromatic heterocycles. The second-order valence-electron chi connectivity index (χ2n) is 7.37. The van der Waals surface area contributed by atoms with Crippen molar-refractivity contribution in [2.45, 2.75) is 51.0 Å². The van der Waals surface area contributed by atoms with Crippen LogP contribution in [-0.4, -0.2) is 52.8 Å². The standard InChI is InChI=1S/C17H24N4O3/c1-12-2-6-17(7-3-12)15(23)21(16(24)19-17)11-14(22)20-8-4-13(10-18)5-9-20/h12-13H,2-9,11H2,1H3,(H,19,24). The zero-order chi connectivity index (χ0) is 17.3. The topological polar surface area (TPSA) is 93.5 Å². The van der Waals surface area contributed by atoms with Crippen molar-refractivity contribution in [3.8, 4) is 6.07 Å². The van der Waals surface area contributed by atoms with Crippen LogP contribution < -0.4 is 5.32 Å². The van der Waals surface area contributed by atoms with E-state index >= 15 is 0 Å². The Hall–Kier alpha value is -2.10. The highest BCUT2D eigenvalue weighted by Gasteiger charge is 2.52. The molecule has 2 aliphatic heterocycles. The van der Waals surface area contributed by atoms with Crippen molar-refractivity contribution in [1.82, 2.24) is 15.1 Å². The fraction of sp³-hybridized carbons (Fsp3) is 0.765. The highest BCUT2D eigenvalue weighted by Crippen LogP contribution is 2.36. The van der Waals surface area contributed by atoms with E-state index in [0.29, 0.717) is 44.7 Å². The normalized spacial score (nSPS) is 31.2. The van der Waals surface area contributed by atoms with E-state index in [9.17, 15) is 14.4 Å². The third-order valence-corrected chi connectivity index (χ3v) is 5.70. The lowest BCUT2D eigenvalue weighted by Crippen LogP contribution is -2.50. The number of piperidine rings is 1. The Balaban J connectivity index is 1.61. The Morgan fingerprint density at radius 3 is 2.46 bits per heavy atom. The van der Waals surface area contributed by atoms with E-state index in [2.05, 4.69) is 18.3 Å². The Bertz CT molecular complexity index is 581. The predicted molar refractivity (Wildman–Crippen MR) is 85.5 cm³/mol. The summed E-state index contributed by atoms with van der Waals surface area (Å²) in [6.07, 6.45) is 4.44. The van der Waals surface area contributed by atoms with Gasteiger partial charge in [-0.2, -0.15) is 5.26 Å². The zero-order valence-electron chi connectivity index (χ0n) is 14.1. The molecule has 0 aromatic carbocycles. The molecule has 0 bridgehead atoms. The minimum absolute atomic E-state index is 0.00161. The van der Waals surface area contributed by atoms with Gasteiger partial charge in [0.1, 0.15) is 12.1 Å². The van der Waals surface area contributed by atoms with Gasteiger partial charge in [0.2, 0.25) is 5.91 Å².